The Labute approximate surface area is 150 Å². The molecule has 4 heteroatoms. The molecule has 25 heavy (non-hydrogen) atoms. The van der Waals surface area contributed by atoms with Gasteiger partial charge in [-0.15, -0.1) is 0 Å². The van der Waals surface area contributed by atoms with Crippen molar-refractivity contribution in [3.8, 4) is 5.75 Å². The third kappa shape index (κ3) is 5.52. The maximum absolute atomic E-state index is 12.1. The van der Waals surface area contributed by atoms with Crippen LogP contribution in [0.2, 0.25) is 0 Å². The smallest absolute Gasteiger partial charge is 0.239 e. The van der Waals surface area contributed by atoms with Crippen LogP contribution >= 0.6 is 0 Å². The van der Waals surface area contributed by atoms with Crippen LogP contribution in [0.15, 0.2) is 42.5 Å². The van der Waals surface area contributed by atoms with Crippen LogP contribution in [-0.2, 0) is 24.1 Å². The van der Waals surface area contributed by atoms with Crippen molar-refractivity contribution in [2.75, 3.05) is 25.5 Å². The predicted molar refractivity (Wildman–Crippen MR) is 103 cm³/mol. The molecule has 0 unspecified atom stereocenters. The van der Waals surface area contributed by atoms with E-state index in [9.17, 15) is 4.79 Å². The summed E-state index contributed by atoms with van der Waals surface area (Å²) in [4.78, 5) is 12.1. The molecule has 4 nitrogen and oxygen atoms in total. The van der Waals surface area contributed by atoms with E-state index in [4.69, 9.17) is 4.74 Å². The first-order chi connectivity index (χ1) is 12.2. The van der Waals surface area contributed by atoms with Gasteiger partial charge in [-0.05, 0) is 48.1 Å². The lowest BCUT2D eigenvalue weighted by atomic mass is 10.0. The van der Waals surface area contributed by atoms with Crippen LogP contribution in [0.3, 0.4) is 0 Å². The molecule has 0 spiro atoms. The lowest BCUT2D eigenvalue weighted by Gasteiger charge is -2.15. The van der Waals surface area contributed by atoms with Gasteiger partial charge in [0.1, 0.15) is 5.75 Å². The molecule has 1 amide bonds. The first kappa shape index (κ1) is 18.8. The average Bonchev–Trinajstić information content (AvgIpc) is 2.66. The van der Waals surface area contributed by atoms with E-state index in [1.165, 1.54) is 11.1 Å². The van der Waals surface area contributed by atoms with E-state index in [-0.39, 0.29) is 5.91 Å². The molecule has 0 fully saturated rings. The summed E-state index contributed by atoms with van der Waals surface area (Å²) < 4.78 is 5.22. The van der Waals surface area contributed by atoms with Crippen molar-refractivity contribution in [3.63, 3.8) is 0 Å². The minimum Gasteiger partial charge on any atom is -0.497 e. The molecular weight excluding hydrogens is 312 g/mol. The number of aryl methyl sites for hydroxylation is 2. The van der Waals surface area contributed by atoms with E-state index >= 15 is 0 Å². The number of hydrogen-bond donors (Lipinski definition) is 2. The number of carbonyl (C=O) groups is 1. The van der Waals surface area contributed by atoms with Gasteiger partial charge in [0.05, 0.1) is 13.7 Å². The summed E-state index contributed by atoms with van der Waals surface area (Å²) in [5, 5.41) is 6.29. The van der Waals surface area contributed by atoms with Gasteiger partial charge in [0.15, 0.2) is 0 Å². The Morgan fingerprint density at radius 3 is 2.36 bits per heavy atom. The number of amides is 1. The summed E-state index contributed by atoms with van der Waals surface area (Å²) in [6.45, 7) is 5.17. The maximum Gasteiger partial charge on any atom is 0.239 e. The van der Waals surface area contributed by atoms with Gasteiger partial charge in [-0.2, -0.15) is 0 Å². The minimum absolute atomic E-state index is 0.0101. The fraction of sp³-hybridized carbons (Fsp3) is 0.381. The SMILES string of the molecule is CCc1cccc(CC)c1NCC(=O)NCCc1cccc(OC)c1. The lowest BCUT2D eigenvalue weighted by molar-refractivity contribution is -0.119. The highest BCUT2D eigenvalue weighted by molar-refractivity contribution is 5.81. The zero-order valence-corrected chi connectivity index (χ0v) is 15.4. The lowest BCUT2D eigenvalue weighted by Crippen LogP contribution is -2.31. The molecule has 0 bridgehead atoms. The molecule has 0 aliphatic rings. The van der Waals surface area contributed by atoms with Crippen molar-refractivity contribution >= 4 is 11.6 Å². The molecule has 0 saturated carbocycles. The van der Waals surface area contributed by atoms with Crippen LogP contribution in [-0.4, -0.2) is 26.1 Å². The van der Waals surface area contributed by atoms with Gasteiger partial charge >= 0.3 is 0 Å². The largest absolute Gasteiger partial charge is 0.497 e. The standard InChI is InChI=1S/C21H28N2O2/c1-4-17-9-7-10-18(5-2)21(17)23-15-20(24)22-13-12-16-8-6-11-19(14-16)25-3/h6-11,14,23H,4-5,12-13,15H2,1-3H3,(H,22,24). The van der Waals surface area contributed by atoms with Crippen LogP contribution in [0.1, 0.15) is 30.5 Å². The molecule has 2 N–H and O–H groups in total. The average molecular weight is 340 g/mol. The van der Waals surface area contributed by atoms with Gasteiger partial charge in [-0.3, -0.25) is 4.79 Å². The Kier molecular flexibility index (Phi) is 7.33. The molecule has 134 valence electrons. The highest BCUT2D eigenvalue weighted by Gasteiger charge is 2.08. The summed E-state index contributed by atoms with van der Waals surface area (Å²) in [5.74, 6) is 0.851. The predicted octanol–water partition coefficient (Wildman–Crippen LogP) is 3.59. The second-order valence-corrected chi connectivity index (χ2v) is 5.96. The number of nitrogens with one attached hydrogen (secondary N) is 2. The number of carbonyl (C=O) groups excluding carboxylic acids is 1. The summed E-state index contributed by atoms with van der Waals surface area (Å²) >= 11 is 0. The summed E-state index contributed by atoms with van der Waals surface area (Å²) in [5.41, 5.74) is 4.76. The van der Waals surface area contributed by atoms with Crippen molar-refractivity contribution in [3.05, 3.63) is 59.2 Å². The van der Waals surface area contributed by atoms with E-state index in [0.29, 0.717) is 13.1 Å². The Morgan fingerprint density at radius 1 is 1.04 bits per heavy atom. The summed E-state index contributed by atoms with van der Waals surface area (Å²) in [7, 11) is 1.66. The molecular formula is C21H28N2O2. The molecule has 0 radical (unpaired) electrons. The number of benzene rings is 2. The Bertz CT molecular complexity index is 676. The van der Waals surface area contributed by atoms with Crippen molar-refractivity contribution in [1.29, 1.82) is 0 Å². The third-order valence-corrected chi connectivity index (χ3v) is 4.29. The van der Waals surface area contributed by atoms with Crippen molar-refractivity contribution in [2.24, 2.45) is 0 Å². The number of anilines is 1. The monoisotopic (exact) mass is 340 g/mol. The number of ether oxygens (including phenoxy) is 1. The third-order valence-electron chi connectivity index (χ3n) is 4.29. The van der Waals surface area contributed by atoms with Crippen LogP contribution in [0.4, 0.5) is 5.69 Å². The summed E-state index contributed by atoms with van der Waals surface area (Å²) in [6, 6.07) is 14.2. The fourth-order valence-electron chi connectivity index (χ4n) is 2.88. The molecule has 2 rings (SSSR count). The van der Waals surface area contributed by atoms with Gasteiger partial charge in [-0.1, -0.05) is 44.2 Å². The van der Waals surface area contributed by atoms with Gasteiger partial charge < -0.3 is 15.4 Å². The quantitative estimate of drug-likeness (QED) is 0.733. The molecule has 0 aliphatic heterocycles. The highest BCUT2D eigenvalue weighted by Crippen LogP contribution is 2.22. The van der Waals surface area contributed by atoms with E-state index in [0.717, 1.165) is 36.3 Å². The molecule has 0 heterocycles. The van der Waals surface area contributed by atoms with E-state index < -0.39 is 0 Å². The number of methoxy groups -OCH3 is 1. The zero-order chi connectivity index (χ0) is 18.1. The van der Waals surface area contributed by atoms with Crippen LogP contribution in [0.5, 0.6) is 5.75 Å². The van der Waals surface area contributed by atoms with Crippen LogP contribution in [0, 0.1) is 0 Å². The number of hydrogen-bond acceptors (Lipinski definition) is 3. The first-order valence-corrected chi connectivity index (χ1v) is 8.92. The van der Waals surface area contributed by atoms with Crippen LogP contribution in [0.25, 0.3) is 0 Å². The second kappa shape index (κ2) is 9.72. The molecule has 0 aliphatic carbocycles. The molecule has 2 aromatic rings. The van der Waals surface area contributed by atoms with Gasteiger partial charge in [0.2, 0.25) is 5.91 Å². The minimum atomic E-state index is 0.0101. The van der Waals surface area contributed by atoms with Crippen molar-refractivity contribution < 1.29 is 9.53 Å². The topological polar surface area (TPSA) is 50.4 Å². The highest BCUT2D eigenvalue weighted by atomic mass is 16.5. The number of para-hydroxylation sites is 1. The van der Waals surface area contributed by atoms with E-state index in [2.05, 4.69) is 42.7 Å². The molecule has 0 saturated heterocycles. The fourth-order valence-corrected chi connectivity index (χ4v) is 2.88. The zero-order valence-electron chi connectivity index (χ0n) is 15.4. The van der Waals surface area contributed by atoms with E-state index in [1.807, 2.05) is 24.3 Å². The molecule has 0 aromatic heterocycles. The van der Waals surface area contributed by atoms with Crippen molar-refractivity contribution in [1.82, 2.24) is 5.32 Å². The Morgan fingerprint density at radius 2 is 1.72 bits per heavy atom. The molecule has 0 atom stereocenters. The molecule has 2 aromatic carbocycles. The van der Waals surface area contributed by atoms with Gasteiger partial charge in [0.25, 0.3) is 0 Å². The number of rotatable bonds is 9. The second-order valence-electron chi connectivity index (χ2n) is 5.96. The van der Waals surface area contributed by atoms with Crippen LogP contribution < -0.4 is 15.4 Å². The van der Waals surface area contributed by atoms with Crippen molar-refractivity contribution in [2.45, 2.75) is 33.1 Å². The maximum atomic E-state index is 12.1. The Hall–Kier alpha value is -2.49. The Balaban J connectivity index is 1.83. The first-order valence-electron chi connectivity index (χ1n) is 8.92. The van der Waals surface area contributed by atoms with Gasteiger partial charge in [-0.25, -0.2) is 0 Å². The normalized spacial score (nSPS) is 10.4. The summed E-state index contributed by atoms with van der Waals surface area (Å²) in [6.07, 6.45) is 2.69. The van der Waals surface area contributed by atoms with Gasteiger partial charge in [0, 0.05) is 12.2 Å². The van der Waals surface area contributed by atoms with E-state index in [1.54, 1.807) is 7.11 Å².